The van der Waals surface area contributed by atoms with Crippen LogP contribution in [0.25, 0.3) is 10.9 Å². The second kappa shape index (κ2) is 7.46. The fourth-order valence-electron chi connectivity index (χ4n) is 3.20. The van der Waals surface area contributed by atoms with E-state index in [0.29, 0.717) is 24.1 Å². The van der Waals surface area contributed by atoms with Crippen molar-refractivity contribution in [1.29, 1.82) is 0 Å². The van der Waals surface area contributed by atoms with Crippen LogP contribution in [0.1, 0.15) is 10.4 Å². The number of carboxylic acids is 1. The lowest BCUT2D eigenvalue weighted by Gasteiger charge is -2.28. The van der Waals surface area contributed by atoms with Gasteiger partial charge in [0.05, 0.1) is 23.7 Å². The van der Waals surface area contributed by atoms with Crippen LogP contribution < -0.4 is 10.5 Å². The lowest BCUT2D eigenvalue weighted by Crippen LogP contribution is -2.36. The summed E-state index contributed by atoms with van der Waals surface area (Å²) in [7, 11) is 0. The van der Waals surface area contributed by atoms with Gasteiger partial charge in [-0.15, -0.1) is 0 Å². The highest BCUT2D eigenvalue weighted by Crippen LogP contribution is 2.32. The SMILES string of the molecule is O=C(O)c1c(Sc2ccc(N3CCOCC3)cc2)c(=O)[nH]c2ccccc12. The van der Waals surface area contributed by atoms with E-state index in [-0.39, 0.29) is 10.5 Å². The number of ether oxygens (including phenoxy) is 1. The van der Waals surface area contributed by atoms with Crippen molar-refractivity contribution in [3.05, 3.63) is 64.4 Å². The molecule has 1 aliphatic heterocycles. The number of fused-ring (bicyclic) bond motifs is 1. The van der Waals surface area contributed by atoms with E-state index in [1.54, 1.807) is 24.3 Å². The fourth-order valence-corrected chi connectivity index (χ4v) is 4.15. The predicted octanol–water partition coefficient (Wildman–Crippen LogP) is 3.21. The number of H-pyrrole nitrogens is 1. The molecule has 4 rings (SSSR count). The van der Waals surface area contributed by atoms with Crippen molar-refractivity contribution in [3.63, 3.8) is 0 Å². The second-order valence-corrected chi connectivity index (χ2v) is 7.29. The van der Waals surface area contributed by atoms with Gasteiger partial charge in [0.2, 0.25) is 0 Å². The van der Waals surface area contributed by atoms with E-state index in [1.165, 1.54) is 11.8 Å². The predicted molar refractivity (Wildman–Crippen MR) is 105 cm³/mol. The molecular weight excluding hydrogens is 364 g/mol. The number of pyridine rings is 1. The molecule has 0 amide bonds. The zero-order chi connectivity index (χ0) is 18.8. The first kappa shape index (κ1) is 17.6. The quantitative estimate of drug-likeness (QED) is 0.721. The van der Waals surface area contributed by atoms with E-state index in [2.05, 4.69) is 9.88 Å². The zero-order valence-corrected chi connectivity index (χ0v) is 15.3. The number of carboxylic acid groups (broad SMARTS) is 1. The number of aromatic nitrogens is 1. The van der Waals surface area contributed by atoms with Crippen LogP contribution in [0.4, 0.5) is 5.69 Å². The average Bonchev–Trinajstić information content (AvgIpc) is 2.69. The molecule has 0 saturated carbocycles. The van der Waals surface area contributed by atoms with Crippen molar-refractivity contribution >= 4 is 34.3 Å². The largest absolute Gasteiger partial charge is 0.478 e. The van der Waals surface area contributed by atoms with E-state index in [0.717, 1.165) is 23.7 Å². The Labute approximate surface area is 159 Å². The zero-order valence-electron chi connectivity index (χ0n) is 14.5. The molecule has 3 aromatic rings. The normalized spacial score (nSPS) is 14.4. The minimum Gasteiger partial charge on any atom is -0.478 e. The highest BCUT2D eigenvalue weighted by molar-refractivity contribution is 7.99. The topological polar surface area (TPSA) is 82.6 Å². The minimum absolute atomic E-state index is 0.0385. The lowest BCUT2D eigenvalue weighted by molar-refractivity contribution is 0.0695. The van der Waals surface area contributed by atoms with Gasteiger partial charge >= 0.3 is 5.97 Å². The van der Waals surface area contributed by atoms with Gasteiger partial charge in [-0.05, 0) is 30.3 Å². The van der Waals surface area contributed by atoms with Gasteiger partial charge in [0.25, 0.3) is 5.56 Å². The van der Waals surface area contributed by atoms with Gasteiger partial charge in [0.15, 0.2) is 0 Å². The number of rotatable bonds is 4. The van der Waals surface area contributed by atoms with E-state index in [9.17, 15) is 14.7 Å². The summed E-state index contributed by atoms with van der Waals surface area (Å²) >= 11 is 1.17. The van der Waals surface area contributed by atoms with Crippen LogP contribution in [0.3, 0.4) is 0 Å². The number of hydrogen-bond acceptors (Lipinski definition) is 5. The number of para-hydroxylation sites is 1. The third kappa shape index (κ3) is 3.56. The van der Waals surface area contributed by atoms with Gasteiger partial charge in [0, 0.05) is 34.6 Å². The Hall–Kier alpha value is -2.77. The van der Waals surface area contributed by atoms with E-state index in [1.807, 2.05) is 24.3 Å². The van der Waals surface area contributed by atoms with E-state index < -0.39 is 11.5 Å². The van der Waals surface area contributed by atoms with Crippen LogP contribution in [0, 0.1) is 0 Å². The number of morpholine rings is 1. The molecule has 0 atom stereocenters. The molecule has 6 nitrogen and oxygen atoms in total. The number of aromatic amines is 1. The molecule has 2 N–H and O–H groups in total. The average molecular weight is 382 g/mol. The molecule has 0 aliphatic carbocycles. The third-order valence-corrected chi connectivity index (χ3v) is 5.63. The Morgan fingerprint density at radius 1 is 1.07 bits per heavy atom. The summed E-state index contributed by atoms with van der Waals surface area (Å²) in [6.07, 6.45) is 0. The summed E-state index contributed by atoms with van der Waals surface area (Å²) in [5.41, 5.74) is 1.26. The van der Waals surface area contributed by atoms with Crippen molar-refractivity contribution in [2.75, 3.05) is 31.2 Å². The first-order valence-corrected chi connectivity index (χ1v) is 9.44. The van der Waals surface area contributed by atoms with Crippen LogP contribution >= 0.6 is 11.8 Å². The number of anilines is 1. The highest BCUT2D eigenvalue weighted by atomic mass is 32.2. The molecule has 0 spiro atoms. The van der Waals surface area contributed by atoms with Gasteiger partial charge in [-0.1, -0.05) is 30.0 Å². The number of hydrogen-bond donors (Lipinski definition) is 2. The number of carbonyl (C=O) groups is 1. The molecule has 1 aliphatic rings. The second-order valence-electron chi connectivity index (χ2n) is 6.20. The van der Waals surface area contributed by atoms with Crippen LogP contribution in [-0.4, -0.2) is 42.4 Å². The fraction of sp³-hybridized carbons (Fsp3) is 0.200. The maximum Gasteiger partial charge on any atom is 0.337 e. The molecule has 7 heteroatoms. The van der Waals surface area contributed by atoms with Gasteiger partial charge in [0.1, 0.15) is 0 Å². The van der Waals surface area contributed by atoms with Crippen LogP contribution in [0.2, 0.25) is 0 Å². The summed E-state index contributed by atoms with van der Waals surface area (Å²) in [5, 5.41) is 10.2. The molecule has 1 fully saturated rings. The Morgan fingerprint density at radius 3 is 2.48 bits per heavy atom. The number of nitrogens with zero attached hydrogens (tertiary/aromatic N) is 1. The standard InChI is InChI=1S/C20H18N2O4S/c23-19-18(17(20(24)25)15-3-1-2-4-16(15)21-19)27-14-7-5-13(6-8-14)22-9-11-26-12-10-22/h1-8H,9-12H2,(H,21,23)(H,24,25). The summed E-state index contributed by atoms with van der Waals surface area (Å²) < 4.78 is 5.37. The van der Waals surface area contributed by atoms with Gasteiger partial charge in [-0.2, -0.15) is 0 Å². The molecule has 0 radical (unpaired) electrons. The Kier molecular flexibility index (Phi) is 4.87. The number of benzene rings is 2. The summed E-state index contributed by atoms with van der Waals surface area (Å²) in [6.45, 7) is 3.12. The monoisotopic (exact) mass is 382 g/mol. The first-order valence-electron chi connectivity index (χ1n) is 8.62. The van der Waals surface area contributed by atoms with Crippen LogP contribution in [0.5, 0.6) is 0 Å². The van der Waals surface area contributed by atoms with E-state index >= 15 is 0 Å². The van der Waals surface area contributed by atoms with Gasteiger partial charge < -0.3 is 19.7 Å². The lowest BCUT2D eigenvalue weighted by atomic mass is 10.1. The van der Waals surface area contributed by atoms with Crippen LogP contribution in [-0.2, 0) is 4.74 Å². The maximum absolute atomic E-state index is 12.5. The minimum atomic E-state index is -1.11. The van der Waals surface area contributed by atoms with Crippen molar-refractivity contribution in [2.45, 2.75) is 9.79 Å². The number of aromatic carboxylic acids is 1. The maximum atomic E-state index is 12.5. The number of nitrogens with one attached hydrogen (secondary N) is 1. The molecular formula is C20H18N2O4S. The van der Waals surface area contributed by atoms with Crippen molar-refractivity contribution in [3.8, 4) is 0 Å². The van der Waals surface area contributed by atoms with Gasteiger partial charge in [-0.25, -0.2) is 4.79 Å². The molecule has 2 aromatic carbocycles. The molecule has 1 saturated heterocycles. The smallest absolute Gasteiger partial charge is 0.337 e. The Morgan fingerprint density at radius 2 is 1.78 bits per heavy atom. The molecule has 2 heterocycles. The Balaban J connectivity index is 1.69. The molecule has 1 aromatic heterocycles. The molecule has 0 unspecified atom stereocenters. The van der Waals surface area contributed by atoms with Crippen molar-refractivity contribution in [1.82, 2.24) is 4.98 Å². The summed E-state index contributed by atoms with van der Waals surface area (Å²) in [6, 6.07) is 14.7. The summed E-state index contributed by atoms with van der Waals surface area (Å²) in [4.78, 5) is 30.4. The Bertz CT molecular complexity index is 1040. The molecule has 138 valence electrons. The molecule has 0 bridgehead atoms. The summed E-state index contributed by atoms with van der Waals surface area (Å²) in [5.74, 6) is -1.11. The first-order chi connectivity index (χ1) is 13.1. The third-order valence-electron chi connectivity index (χ3n) is 4.52. The van der Waals surface area contributed by atoms with Crippen LogP contribution in [0.15, 0.2) is 63.1 Å². The van der Waals surface area contributed by atoms with E-state index in [4.69, 9.17) is 4.74 Å². The van der Waals surface area contributed by atoms with Crippen molar-refractivity contribution in [2.24, 2.45) is 0 Å². The van der Waals surface area contributed by atoms with Crippen molar-refractivity contribution < 1.29 is 14.6 Å². The van der Waals surface area contributed by atoms with Gasteiger partial charge in [-0.3, -0.25) is 4.79 Å². The molecule has 27 heavy (non-hydrogen) atoms. The highest BCUT2D eigenvalue weighted by Gasteiger charge is 2.19.